The van der Waals surface area contributed by atoms with Gasteiger partial charge in [0, 0.05) is 31.0 Å². The van der Waals surface area contributed by atoms with Crippen LogP contribution in [0, 0.1) is 28.6 Å². The zero-order chi connectivity index (χ0) is 33.0. The van der Waals surface area contributed by atoms with E-state index in [0.717, 1.165) is 26.1 Å². The number of fused-ring (bicyclic) bond motifs is 3. The van der Waals surface area contributed by atoms with E-state index in [1.807, 2.05) is 0 Å². The van der Waals surface area contributed by atoms with Gasteiger partial charge in [-0.05, 0) is 82.1 Å². The third-order valence-corrected chi connectivity index (χ3v) is 11.7. The summed E-state index contributed by atoms with van der Waals surface area (Å²) in [5.41, 5.74) is -0.837. The molecule has 2 aliphatic heterocycles. The first-order valence-corrected chi connectivity index (χ1v) is 16.8. The number of carbonyl (C=O) groups is 3. The molecule has 0 aromatic carbocycles. The van der Waals surface area contributed by atoms with Gasteiger partial charge in [0.05, 0.1) is 31.7 Å². The minimum absolute atomic E-state index is 0.0530. The second kappa shape index (κ2) is 14.8. The highest BCUT2D eigenvalue weighted by Crippen LogP contribution is 2.63. The molecule has 0 aromatic heterocycles. The van der Waals surface area contributed by atoms with E-state index in [1.54, 1.807) is 0 Å². The van der Waals surface area contributed by atoms with Crippen molar-refractivity contribution >= 4 is 17.9 Å². The summed E-state index contributed by atoms with van der Waals surface area (Å²) < 4.78 is 19.6. The predicted octanol–water partition coefficient (Wildman–Crippen LogP) is 4.56. The second-order valence-electron chi connectivity index (χ2n) is 14.8. The number of aliphatic hydroxyl groups is 1. The number of aliphatic carboxylic acids is 3. The summed E-state index contributed by atoms with van der Waals surface area (Å²) in [6, 6.07) is 0. The number of carboxylic acid groups (broad SMARTS) is 3. The van der Waals surface area contributed by atoms with Gasteiger partial charge < -0.3 is 39.5 Å². The molecule has 256 valence electrons. The summed E-state index contributed by atoms with van der Waals surface area (Å²) in [7, 11) is 2.22. The zero-order valence-corrected chi connectivity index (χ0v) is 27.4. The smallest absolute Gasteiger partial charge is 0.336 e. The molecule has 0 radical (unpaired) electrons. The Balaban J connectivity index is 0.000000302. The highest BCUT2D eigenvalue weighted by molar-refractivity contribution is 5.88. The molecule has 0 amide bonds. The Bertz CT molecular complexity index is 1050. The maximum Gasteiger partial charge on any atom is 0.336 e. The average Bonchev–Trinajstić information content (AvgIpc) is 3.50. The van der Waals surface area contributed by atoms with E-state index < -0.39 is 36.4 Å². The molecule has 5 aliphatic rings. The molecule has 2 heterocycles. The van der Waals surface area contributed by atoms with Crippen molar-refractivity contribution in [1.29, 1.82) is 0 Å². The van der Waals surface area contributed by atoms with Crippen LogP contribution in [-0.2, 0) is 28.6 Å². The minimum Gasteiger partial charge on any atom is -0.481 e. The van der Waals surface area contributed by atoms with Crippen LogP contribution in [0.4, 0.5) is 0 Å². The van der Waals surface area contributed by atoms with Gasteiger partial charge in [-0.1, -0.05) is 38.8 Å². The van der Waals surface area contributed by atoms with E-state index in [0.29, 0.717) is 35.4 Å². The molecular formula is C34H55NO10. The highest BCUT2D eigenvalue weighted by atomic mass is 16.7. The van der Waals surface area contributed by atoms with Crippen LogP contribution in [0.25, 0.3) is 0 Å². The molecule has 1 unspecified atom stereocenters. The Kier molecular flexibility index (Phi) is 11.8. The van der Waals surface area contributed by atoms with E-state index in [4.69, 9.17) is 34.6 Å². The Labute approximate surface area is 267 Å². The van der Waals surface area contributed by atoms with Crippen molar-refractivity contribution in [3.05, 3.63) is 12.2 Å². The van der Waals surface area contributed by atoms with Crippen LogP contribution < -0.4 is 0 Å². The molecule has 2 saturated heterocycles. The van der Waals surface area contributed by atoms with Crippen molar-refractivity contribution in [3.63, 3.8) is 0 Å². The van der Waals surface area contributed by atoms with Crippen molar-refractivity contribution < 1.29 is 49.0 Å². The Morgan fingerprint density at radius 1 is 0.978 bits per heavy atom. The average molecular weight is 638 g/mol. The van der Waals surface area contributed by atoms with Crippen molar-refractivity contribution in [1.82, 2.24) is 4.90 Å². The van der Waals surface area contributed by atoms with Crippen molar-refractivity contribution in [2.75, 3.05) is 33.4 Å². The van der Waals surface area contributed by atoms with Crippen molar-refractivity contribution in [2.45, 2.75) is 121 Å². The van der Waals surface area contributed by atoms with E-state index in [-0.39, 0.29) is 11.7 Å². The quantitative estimate of drug-likeness (QED) is 0.248. The molecule has 0 spiro atoms. The fourth-order valence-corrected chi connectivity index (χ4v) is 9.08. The van der Waals surface area contributed by atoms with E-state index in [2.05, 4.69) is 32.4 Å². The molecule has 3 saturated carbocycles. The number of rotatable bonds is 10. The lowest BCUT2D eigenvalue weighted by molar-refractivity contribution is -0.316. The molecule has 6 atom stereocenters. The van der Waals surface area contributed by atoms with Crippen LogP contribution in [0.1, 0.15) is 97.3 Å². The van der Waals surface area contributed by atoms with E-state index >= 15 is 0 Å². The normalized spacial score (nSPS) is 34.7. The SMILES string of the molecule is C=C1CCC2[C@]3(C)CO[C@@H](C4CCCC4)O[C@@H]3CC[C@@]2(C)[C@@H]1CCOC1CCN(C)CC1.O=C(O)CC(O)(CC(=O)O)C(=O)O. The number of hydrogen-bond acceptors (Lipinski definition) is 8. The molecule has 4 N–H and O–H groups in total. The largest absolute Gasteiger partial charge is 0.481 e. The number of piperidine rings is 1. The number of hydrogen-bond donors (Lipinski definition) is 4. The molecule has 0 aromatic rings. The van der Waals surface area contributed by atoms with E-state index in [9.17, 15) is 14.4 Å². The lowest BCUT2D eigenvalue weighted by Gasteiger charge is -2.63. The van der Waals surface area contributed by atoms with Gasteiger partial charge >= 0.3 is 17.9 Å². The Morgan fingerprint density at radius 3 is 2.18 bits per heavy atom. The number of likely N-dealkylation sites (tertiary alicyclic amines) is 1. The Hall–Kier alpha value is -2.05. The molecule has 3 aliphatic carbocycles. The summed E-state index contributed by atoms with van der Waals surface area (Å²) in [5, 5.41) is 33.8. The molecule has 11 nitrogen and oxygen atoms in total. The van der Waals surface area contributed by atoms with Crippen LogP contribution in [-0.4, -0.2) is 101 Å². The van der Waals surface area contributed by atoms with Crippen LogP contribution in [0.5, 0.6) is 0 Å². The summed E-state index contributed by atoms with van der Waals surface area (Å²) in [6.45, 7) is 13.7. The maximum absolute atomic E-state index is 10.3. The van der Waals surface area contributed by atoms with Gasteiger partial charge in [-0.15, -0.1) is 0 Å². The third kappa shape index (κ3) is 8.27. The number of nitrogens with zero attached hydrogens (tertiary/aromatic N) is 1. The standard InChI is InChI=1S/C28H47NO3.C6H8O7/c1-20-9-10-24-27(2,23(20)14-18-30-22-12-16-29(4)17-13-22)15-11-25-28(24,3)19-31-26(32-25)21-7-5-6-8-21;7-3(8)1-6(13,5(11)12)2-4(9)10/h21-26H,1,5-19H2,2-4H3;13H,1-2H2,(H,7,8)(H,9,10)(H,11,12)/t23-,24?,25-,26-,27+,28+;/m1./s1. The topological polar surface area (TPSA) is 163 Å². The predicted molar refractivity (Wildman–Crippen MR) is 166 cm³/mol. The fraction of sp³-hybridized carbons (Fsp3) is 0.853. The number of allylic oxidation sites excluding steroid dienone is 1. The first-order valence-electron chi connectivity index (χ1n) is 16.8. The Morgan fingerprint density at radius 2 is 1.60 bits per heavy atom. The zero-order valence-electron chi connectivity index (χ0n) is 27.4. The van der Waals surface area contributed by atoms with Crippen LogP contribution in [0.15, 0.2) is 12.2 Å². The fourth-order valence-electron chi connectivity index (χ4n) is 9.08. The van der Waals surface area contributed by atoms with Crippen molar-refractivity contribution in [2.24, 2.45) is 28.6 Å². The molecular weight excluding hydrogens is 582 g/mol. The van der Waals surface area contributed by atoms with Gasteiger partial charge in [0.25, 0.3) is 0 Å². The number of carboxylic acids is 3. The first kappa shape index (κ1) is 35.8. The molecule has 11 heteroatoms. The third-order valence-electron chi connectivity index (χ3n) is 11.7. The molecule has 5 fully saturated rings. The summed E-state index contributed by atoms with van der Waals surface area (Å²) >= 11 is 0. The summed E-state index contributed by atoms with van der Waals surface area (Å²) in [4.78, 5) is 32.9. The maximum atomic E-state index is 10.3. The monoisotopic (exact) mass is 637 g/mol. The van der Waals surface area contributed by atoms with Crippen LogP contribution in [0.3, 0.4) is 0 Å². The minimum atomic E-state index is -2.74. The van der Waals surface area contributed by atoms with Gasteiger partial charge in [-0.25, -0.2) is 4.79 Å². The van der Waals surface area contributed by atoms with Gasteiger partial charge in [-0.3, -0.25) is 9.59 Å². The molecule has 0 bridgehead atoms. The lowest BCUT2D eigenvalue weighted by Crippen LogP contribution is -2.62. The van der Waals surface area contributed by atoms with Gasteiger partial charge in [-0.2, -0.15) is 0 Å². The van der Waals surface area contributed by atoms with Gasteiger partial charge in [0.1, 0.15) is 0 Å². The first-order chi connectivity index (χ1) is 21.2. The molecule has 5 rings (SSSR count). The summed E-state index contributed by atoms with van der Waals surface area (Å²) in [6.07, 6.45) is 12.2. The lowest BCUT2D eigenvalue weighted by atomic mass is 9.46. The summed E-state index contributed by atoms with van der Waals surface area (Å²) in [5.74, 6) is -3.17. The molecule has 45 heavy (non-hydrogen) atoms. The van der Waals surface area contributed by atoms with Crippen LogP contribution >= 0.6 is 0 Å². The van der Waals surface area contributed by atoms with Gasteiger partial charge in [0.2, 0.25) is 0 Å². The van der Waals surface area contributed by atoms with E-state index in [1.165, 1.54) is 76.5 Å². The van der Waals surface area contributed by atoms with Crippen molar-refractivity contribution in [3.8, 4) is 0 Å². The van der Waals surface area contributed by atoms with Gasteiger partial charge in [0.15, 0.2) is 11.9 Å². The second-order valence-corrected chi connectivity index (χ2v) is 14.8. The highest BCUT2D eigenvalue weighted by Gasteiger charge is 2.60. The number of ether oxygens (including phenoxy) is 3. The van der Waals surface area contributed by atoms with Crippen LogP contribution in [0.2, 0.25) is 0 Å².